The molecule has 0 saturated carbocycles. The van der Waals surface area contributed by atoms with Gasteiger partial charge in [0, 0.05) is 90.9 Å². The Morgan fingerprint density at radius 1 is 0.792 bits per heavy atom. The Morgan fingerprint density at radius 2 is 1.17 bits per heavy atom. The van der Waals surface area contributed by atoms with Gasteiger partial charge in [0.1, 0.15) is 0 Å². The maximum absolute atomic E-state index is 12.7. The molecule has 4 heterocycles. The molecule has 116 valence electrons. The first-order valence-corrected chi connectivity index (χ1v) is 8.22. The minimum absolute atomic E-state index is 0. The molecule has 0 N–H and O–H groups in total. The van der Waals surface area contributed by atoms with Crippen LogP contribution in [0.3, 0.4) is 0 Å². The average Bonchev–Trinajstić information content (AvgIpc) is 3.25. The predicted octanol–water partition coefficient (Wildman–Crippen LogP) is 2.47. The summed E-state index contributed by atoms with van der Waals surface area (Å²) in [5, 5.41) is 6.02. The molecule has 2 aliphatic rings. The Balaban J connectivity index is 0.00000104. The van der Waals surface area contributed by atoms with Crippen molar-refractivity contribution >= 4 is 45.9 Å². The minimum Gasteiger partial charge on any atom is -0.322 e. The number of carbonyl (C=O) groups is 2. The van der Waals surface area contributed by atoms with Gasteiger partial charge in [-0.05, 0) is 0 Å². The Bertz CT molecular complexity index is 783. The van der Waals surface area contributed by atoms with E-state index in [-0.39, 0.29) is 77.2 Å². The van der Waals surface area contributed by atoms with E-state index in [0.29, 0.717) is 22.5 Å². The van der Waals surface area contributed by atoms with Crippen LogP contribution in [0, 0.1) is 10.8 Å². The summed E-state index contributed by atoms with van der Waals surface area (Å²) in [5.41, 5.74) is 2.35. The first-order chi connectivity index (χ1) is 10.6. The van der Waals surface area contributed by atoms with Crippen LogP contribution in [0.1, 0.15) is 9.75 Å². The van der Waals surface area contributed by atoms with Crippen molar-refractivity contribution in [1.82, 2.24) is 9.80 Å². The van der Waals surface area contributed by atoms with Crippen molar-refractivity contribution in [3.05, 3.63) is 55.9 Å². The second-order valence-corrected chi connectivity index (χ2v) is 6.77. The van der Waals surface area contributed by atoms with Gasteiger partial charge >= 0.3 is 0 Å². The fourth-order valence-corrected chi connectivity index (χ4v) is 4.31. The van der Waals surface area contributed by atoms with E-state index in [0.717, 1.165) is 9.75 Å². The number of thiophene rings is 2. The standard InChI is InChI=1S/C16H10N2O2S2.2Y/c1-17-13(9-5-3-7-21-9)11-12(15(17)19)14(18(2)16(11)20)10-6-4-8-22-10;;/h3-6H,1-2H3;;/q-2;;. The van der Waals surface area contributed by atoms with E-state index in [9.17, 15) is 9.59 Å². The predicted molar refractivity (Wildman–Crippen MR) is 85.7 cm³/mol. The van der Waals surface area contributed by atoms with Crippen LogP contribution in [0.2, 0.25) is 0 Å². The van der Waals surface area contributed by atoms with Gasteiger partial charge in [0.15, 0.2) is 0 Å². The van der Waals surface area contributed by atoms with E-state index in [1.165, 1.54) is 22.7 Å². The average molecular weight is 504 g/mol. The van der Waals surface area contributed by atoms with Crippen LogP contribution >= 0.6 is 22.7 Å². The van der Waals surface area contributed by atoms with Crippen LogP contribution < -0.4 is 0 Å². The number of amides is 2. The summed E-state index contributed by atoms with van der Waals surface area (Å²) >= 11 is 2.81. The number of likely N-dealkylation sites (N-methyl/N-ethyl adjacent to an activating group) is 2. The summed E-state index contributed by atoms with van der Waals surface area (Å²) in [6.07, 6.45) is 0. The van der Waals surface area contributed by atoms with Crippen LogP contribution in [-0.2, 0) is 75.0 Å². The van der Waals surface area contributed by atoms with Crippen molar-refractivity contribution in [2.45, 2.75) is 0 Å². The van der Waals surface area contributed by atoms with Gasteiger partial charge in [-0.1, -0.05) is 0 Å². The zero-order valence-corrected chi connectivity index (χ0v) is 20.3. The van der Waals surface area contributed by atoms with E-state index in [2.05, 4.69) is 10.8 Å². The SMILES string of the molecule is CN1C(=O)C2=C(c3cc[c-]s3)N(C)C(=O)C2=C1c1cc[c-]s1.[Y].[Y]. The molecule has 2 aliphatic heterocycles. The van der Waals surface area contributed by atoms with Crippen molar-refractivity contribution in [2.24, 2.45) is 0 Å². The smallest absolute Gasteiger partial charge is 0.259 e. The molecule has 0 fully saturated rings. The molecule has 2 aromatic heterocycles. The Kier molecular flexibility index (Phi) is 6.55. The van der Waals surface area contributed by atoms with E-state index < -0.39 is 0 Å². The number of hydrogen-bond donors (Lipinski definition) is 0. The third-order valence-corrected chi connectivity index (χ3v) is 5.45. The van der Waals surface area contributed by atoms with Crippen molar-refractivity contribution in [3.63, 3.8) is 0 Å². The molecule has 4 rings (SSSR count). The second kappa shape index (κ2) is 7.73. The topological polar surface area (TPSA) is 40.6 Å². The summed E-state index contributed by atoms with van der Waals surface area (Å²) in [4.78, 5) is 30.3. The Labute approximate surface area is 198 Å². The van der Waals surface area contributed by atoms with E-state index >= 15 is 0 Å². The van der Waals surface area contributed by atoms with Gasteiger partial charge < -0.3 is 9.80 Å². The Hall–Kier alpha value is 0.0278. The molecule has 4 nitrogen and oxygen atoms in total. The number of nitrogens with zero attached hydrogens (tertiary/aromatic N) is 2. The van der Waals surface area contributed by atoms with Gasteiger partial charge in [-0.2, -0.15) is 24.3 Å². The van der Waals surface area contributed by atoms with Gasteiger partial charge in [0.05, 0.1) is 11.1 Å². The third-order valence-electron chi connectivity index (χ3n) is 3.84. The molecule has 0 aliphatic carbocycles. The molecule has 0 bridgehead atoms. The first-order valence-electron chi connectivity index (χ1n) is 6.58. The van der Waals surface area contributed by atoms with Crippen LogP contribution in [0.5, 0.6) is 0 Å². The molecular formula is C16H10N2O2S2Y2-2. The van der Waals surface area contributed by atoms with Crippen LogP contribution in [0.25, 0.3) is 11.4 Å². The van der Waals surface area contributed by atoms with Gasteiger partial charge in [-0.15, -0.1) is 20.5 Å². The maximum atomic E-state index is 12.7. The van der Waals surface area contributed by atoms with Gasteiger partial charge in [0.2, 0.25) is 0 Å². The molecule has 0 spiro atoms. The van der Waals surface area contributed by atoms with E-state index in [1.54, 1.807) is 36.0 Å². The monoisotopic (exact) mass is 504 g/mol. The van der Waals surface area contributed by atoms with Gasteiger partial charge in [0.25, 0.3) is 11.8 Å². The number of carbonyl (C=O) groups excluding carboxylic acids is 2. The summed E-state index contributed by atoms with van der Waals surface area (Å²) in [7, 11) is 3.42. The molecule has 24 heavy (non-hydrogen) atoms. The molecule has 0 saturated heterocycles. The van der Waals surface area contributed by atoms with Crippen molar-refractivity contribution in [2.75, 3.05) is 14.1 Å². The Morgan fingerprint density at radius 3 is 1.46 bits per heavy atom. The quantitative estimate of drug-likeness (QED) is 0.591. The van der Waals surface area contributed by atoms with Crippen LogP contribution in [0.4, 0.5) is 0 Å². The summed E-state index contributed by atoms with van der Waals surface area (Å²) < 4.78 is 0. The molecule has 2 amide bonds. The fraction of sp³-hybridized carbons (Fsp3) is 0.125. The zero-order valence-electron chi connectivity index (χ0n) is 13.0. The second-order valence-electron chi connectivity index (χ2n) is 5.01. The third kappa shape index (κ3) is 2.89. The van der Waals surface area contributed by atoms with Crippen molar-refractivity contribution in [3.8, 4) is 0 Å². The van der Waals surface area contributed by atoms with Crippen molar-refractivity contribution < 1.29 is 75.0 Å². The molecule has 0 atom stereocenters. The first kappa shape index (κ1) is 20.3. The molecular weight excluding hydrogens is 494 g/mol. The minimum atomic E-state index is -0.139. The summed E-state index contributed by atoms with van der Waals surface area (Å²) in [6, 6.07) is 7.35. The molecule has 0 unspecified atom stereocenters. The number of hydrogen-bond acceptors (Lipinski definition) is 4. The van der Waals surface area contributed by atoms with Crippen molar-refractivity contribution in [1.29, 1.82) is 0 Å². The fourth-order valence-electron chi connectivity index (χ4n) is 2.84. The molecule has 2 aromatic rings. The van der Waals surface area contributed by atoms with E-state index in [1.807, 2.05) is 12.1 Å². The number of fused-ring (bicyclic) bond motifs is 1. The van der Waals surface area contributed by atoms with Crippen LogP contribution in [0.15, 0.2) is 35.4 Å². The summed E-state index contributed by atoms with van der Waals surface area (Å²) in [6.45, 7) is 0. The molecule has 0 aromatic carbocycles. The largest absolute Gasteiger partial charge is 0.322 e. The van der Waals surface area contributed by atoms with Crippen LogP contribution in [-0.4, -0.2) is 35.7 Å². The maximum Gasteiger partial charge on any atom is 0.259 e. The summed E-state index contributed by atoms with van der Waals surface area (Å²) in [5.74, 6) is -0.279. The molecule has 2 radical (unpaired) electrons. The normalized spacial score (nSPS) is 16.6. The molecule has 8 heteroatoms. The van der Waals surface area contributed by atoms with Gasteiger partial charge in [-0.3, -0.25) is 32.3 Å². The zero-order chi connectivity index (χ0) is 15.4. The van der Waals surface area contributed by atoms with Gasteiger partial charge in [-0.25, -0.2) is 0 Å². The van der Waals surface area contributed by atoms with E-state index in [4.69, 9.17) is 0 Å². The number of rotatable bonds is 2.